The van der Waals surface area contributed by atoms with Crippen molar-refractivity contribution in [1.29, 1.82) is 0 Å². The van der Waals surface area contributed by atoms with Crippen LogP contribution in [-0.2, 0) is 0 Å². The van der Waals surface area contributed by atoms with Crippen molar-refractivity contribution in [1.82, 2.24) is 4.98 Å². The number of aromatic nitrogens is 1. The van der Waals surface area contributed by atoms with E-state index in [0.29, 0.717) is 5.82 Å². The van der Waals surface area contributed by atoms with Crippen molar-refractivity contribution in [3.8, 4) is 0 Å². The standard InChI is InChI=1S/C12H19N3/c1-2-10-4-3-7-15(9-10)11-5-6-14-12(13)8-11/h5-6,8,10H,2-4,7,9H2,1H3,(H2,13,14). The predicted molar refractivity (Wildman–Crippen MR) is 63.9 cm³/mol. The monoisotopic (exact) mass is 205 g/mol. The highest BCUT2D eigenvalue weighted by Crippen LogP contribution is 2.25. The Labute approximate surface area is 91.3 Å². The zero-order valence-corrected chi connectivity index (χ0v) is 9.32. The van der Waals surface area contributed by atoms with Crippen LogP contribution in [0.4, 0.5) is 11.5 Å². The number of anilines is 2. The van der Waals surface area contributed by atoms with Gasteiger partial charge in [0.2, 0.25) is 0 Å². The first-order valence-corrected chi connectivity index (χ1v) is 5.76. The van der Waals surface area contributed by atoms with E-state index in [4.69, 9.17) is 5.73 Å². The fourth-order valence-electron chi connectivity index (χ4n) is 2.27. The SMILES string of the molecule is CCC1CCCN(c2ccnc(N)c2)C1. The van der Waals surface area contributed by atoms with E-state index >= 15 is 0 Å². The van der Waals surface area contributed by atoms with Crippen LogP contribution in [-0.4, -0.2) is 18.1 Å². The summed E-state index contributed by atoms with van der Waals surface area (Å²) in [6.07, 6.45) is 5.73. The van der Waals surface area contributed by atoms with Crippen molar-refractivity contribution in [2.24, 2.45) is 5.92 Å². The summed E-state index contributed by atoms with van der Waals surface area (Å²) in [4.78, 5) is 6.45. The number of nitrogens with zero attached hydrogens (tertiary/aromatic N) is 2. The second kappa shape index (κ2) is 4.51. The van der Waals surface area contributed by atoms with Crippen LogP contribution in [0.2, 0.25) is 0 Å². The number of hydrogen-bond donors (Lipinski definition) is 1. The average Bonchev–Trinajstić information content (AvgIpc) is 2.29. The molecule has 2 heterocycles. The summed E-state index contributed by atoms with van der Waals surface area (Å²) >= 11 is 0. The smallest absolute Gasteiger partial charge is 0.125 e. The predicted octanol–water partition coefficient (Wildman–Crippen LogP) is 2.29. The molecule has 1 atom stereocenters. The lowest BCUT2D eigenvalue weighted by atomic mass is 9.95. The maximum absolute atomic E-state index is 5.69. The van der Waals surface area contributed by atoms with Gasteiger partial charge < -0.3 is 10.6 Å². The van der Waals surface area contributed by atoms with E-state index < -0.39 is 0 Å². The highest BCUT2D eigenvalue weighted by Gasteiger charge is 2.18. The van der Waals surface area contributed by atoms with Gasteiger partial charge in [-0.25, -0.2) is 4.98 Å². The van der Waals surface area contributed by atoms with Crippen molar-refractivity contribution in [2.75, 3.05) is 23.7 Å². The molecule has 0 radical (unpaired) electrons. The molecule has 0 aliphatic carbocycles. The van der Waals surface area contributed by atoms with Gasteiger partial charge in [0.25, 0.3) is 0 Å². The van der Waals surface area contributed by atoms with E-state index in [2.05, 4.69) is 22.9 Å². The van der Waals surface area contributed by atoms with Gasteiger partial charge in [0.1, 0.15) is 5.82 Å². The lowest BCUT2D eigenvalue weighted by Gasteiger charge is -2.34. The topological polar surface area (TPSA) is 42.2 Å². The van der Waals surface area contributed by atoms with Gasteiger partial charge in [-0.05, 0) is 24.8 Å². The molecular weight excluding hydrogens is 186 g/mol. The van der Waals surface area contributed by atoms with Crippen LogP contribution in [0, 0.1) is 5.92 Å². The highest BCUT2D eigenvalue weighted by molar-refractivity contribution is 5.52. The Morgan fingerprint density at radius 1 is 1.60 bits per heavy atom. The Hall–Kier alpha value is -1.25. The third-order valence-corrected chi connectivity index (χ3v) is 3.23. The minimum absolute atomic E-state index is 0.617. The molecule has 1 saturated heterocycles. The third-order valence-electron chi connectivity index (χ3n) is 3.23. The molecule has 1 aromatic rings. The van der Waals surface area contributed by atoms with Gasteiger partial charge in [-0.2, -0.15) is 0 Å². The van der Waals surface area contributed by atoms with Crippen LogP contribution in [0.3, 0.4) is 0 Å². The molecule has 2 N–H and O–H groups in total. The van der Waals surface area contributed by atoms with Crippen LogP contribution >= 0.6 is 0 Å². The molecule has 0 bridgehead atoms. The van der Waals surface area contributed by atoms with Gasteiger partial charge in [0, 0.05) is 31.0 Å². The Morgan fingerprint density at radius 3 is 3.20 bits per heavy atom. The summed E-state index contributed by atoms with van der Waals surface area (Å²) in [5, 5.41) is 0. The lowest BCUT2D eigenvalue weighted by molar-refractivity contribution is 0.405. The van der Waals surface area contributed by atoms with Crippen LogP contribution in [0.1, 0.15) is 26.2 Å². The van der Waals surface area contributed by atoms with Gasteiger partial charge in [-0.1, -0.05) is 13.3 Å². The van der Waals surface area contributed by atoms with Crippen LogP contribution in [0.5, 0.6) is 0 Å². The van der Waals surface area contributed by atoms with Crippen LogP contribution in [0.25, 0.3) is 0 Å². The number of pyridine rings is 1. The molecule has 3 heteroatoms. The minimum atomic E-state index is 0.617. The first-order valence-electron chi connectivity index (χ1n) is 5.76. The average molecular weight is 205 g/mol. The molecule has 2 rings (SSSR count). The zero-order chi connectivity index (χ0) is 10.7. The Balaban J connectivity index is 2.09. The molecule has 0 amide bonds. The molecule has 1 aromatic heterocycles. The fourth-order valence-corrected chi connectivity index (χ4v) is 2.27. The second-order valence-electron chi connectivity index (χ2n) is 4.30. The molecule has 0 aromatic carbocycles. The maximum atomic E-state index is 5.69. The molecule has 1 fully saturated rings. The summed E-state index contributed by atoms with van der Waals surface area (Å²) in [7, 11) is 0. The summed E-state index contributed by atoms with van der Waals surface area (Å²) in [6, 6.07) is 4.02. The Bertz CT molecular complexity index is 324. The molecule has 82 valence electrons. The highest BCUT2D eigenvalue weighted by atomic mass is 15.1. The first kappa shape index (κ1) is 10.3. The number of piperidine rings is 1. The third kappa shape index (κ3) is 2.41. The summed E-state index contributed by atoms with van der Waals surface area (Å²) < 4.78 is 0. The Kier molecular flexibility index (Phi) is 3.09. The van der Waals surface area contributed by atoms with Gasteiger partial charge in [0.05, 0.1) is 0 Å². The van der Waals surface area contributed by atoms with E-state index in [1.54, 1.807) is 6.20 Å². The molecule has 15 heavy (non-hydrogen) atoms. The van der Waals surface area contributed by atoms with E-state index in [0.717, 1.165) is 12.5 Å². The summed E-state index contributed by atoms with van der Waals surface area (Å²) in [6.45, 7) is 4.59. The fraction of sp³-hybridized carbons (Fsp3) is 0.583. The molecule has 0 saturated carbocycles. The number of nitrogens with two attached hydrogens (primary N) is 1. The van der Waals surface area contributed by atoms with E-state index in [1.165, 1.54) is 31.5 Å². The normalized spacial score (nSPS) is 21.7. The number of hydrogen-bond acceptors (Lipinski definition) is 3. The molecule has 3 nitrogen and oxygen atoms in total. The van der Waals surface area contributed by atoms with Crippen molar-refractivity contribution in [3.05, 3.63) is 18.3 Å². The van der Waals surface area contributed by atoms with E-state index in [9.17, 15) is 0 Å². The molecule has 1 aliphatic rings. The van der Waals surface area contributed by atoms with Gasteiger partial charge in [-0.15, -0.1) is 0 Å². The van der Waals surface area contributed by atoms with E-state index in [1.807, 2.05) is 6.07 Å². The summed E-state index contributed by atoms with van der Waals surface area (Å²) in [5.74, 6) is 1.46. The maximum Gasteiger partial charge on any atom is 0.125 e. The largest absolute Gasteiger partial charge is 0.384 e. The van der Waals surface area contributed by atoms with Crippen LogP contribution in [0.15, 0.2) is 18.3 Å². The van der Waals surface area contributed by atoms with Crippen molar-refractivity contribution >= 4 is 11.5 Å². The quantitative estimate of drug-likeness (QED) is 0.805. The minimum Gasteiger partial charge on any atom is -0.384 e. The van der Waals surface area contributed by atoms with E-state index in [-0.39, 0.29) is 0 Å². The second-order valence-corrected chi connectivity index (χ2v) is 4.30. The molecule has 1 aliphatic heterocycles. The Morgan fingerprint density at radius 2 is 2.47 bits per heavy atom. The van der Waals surface area contributed by atoms with Crippen molar-refractivity contribution < 1.29 is 0 Å². The summed E-state index contributed by atoms with van der Waals surface area (Å²) in [5.41, 5.74) is 6.92. The first-order chi connectivity index (χ1) is 7.29. The number of nitrogen functional groups attached to an aromatic ring is 1. The lowest BCUT2D eigenvalue weighted by Crippen LogP contribution is -2.35. The zero-order valence-electron chi connectivity index (χ0n) is 9.32. The number of rotatable bonds is 2. The van der Waals surface area contributed by atoms with Gasteiger partial charge >= 0.3 is 0 Å². The molecule has 0 spiro atoms. The van der Waals surface area contributed by atoms with Crippen molar-refractivity contribution in [3.63, 3.8) is 0 Å². The van der Waals surface area contributed by atoms with Crippen LogP contribution < -0.4 is 10.6 Å². The van der Waals surface area contributed by atoms with Gasteiger partial charge in [-0.3, -0.25) is 0 Å². The molecular formula is C12H19N3. The van der Waals surface area contributed by atoms with Gasteiger partial charge in [0.15, 0.2) is 0 Å². The molecule has 1 unspecified atom stereocenters. The van der Waals surface area contributed by atoms with Crippen molar-refractivity contribution in [2.45, 2.75) is 26.2 Å².